The van der Waals surface area contributed by atoms with E-state index in [-0.39, 0.29) is 6.04 Å². The number of nitrogens with two attached hydrogens (primary N) is 2. The lowest BCUT2D eigenvalue weighted by Gasteiger charge is -2.29. The topological polar surface area (TPSA) is 113 Å². The summed E-state index contributed by atoms with van der Waals surface area (Å²) in [6.45, 7) is 1.75. The number of carbonyl (C=O) groups is 2. The van der Waals surface area contributed by atoms with E-state index in [1.165, 1.54) is 5.56 Å². The number of urea groups is 1. The van der Waals surface area contributed by atoms with Crippen LogP contribution in [0, 0.1) is 11.3 Å². The van der Waals surface area contributed by atoms with Crippen LogP contribution in [0.2, 0.25) is 0 Å². The van der Waals surface area contributed by atoms with Crippen molar-refractivity contribution in [3.63, 3.8) is 0 Å². The van der Waals surface area contributed by atoms with E-state index in [0.717, 1.165) is 17.7 Å². The predicted octanol–water partition coefficient (Wildman–Crippen LogP) is 1.16. The van der Waals surface area contributed by atoms with Gasteiger partial charge in [-0.15, -0.1) is 0 Å². The zero-order valence-corrected chi connectivity index (χ0v) is 12.0. The highest BCUT2D eigenvalue weighted by molar-refractivity contribution is 5.87. The van der Waals surface area contributed by atoms with Gasteiger partial charge in [0.1, 0.15) is 0 Å². The Hall–Kier alpha value is -2.55. The average Bonchev–Trinajstić information content (AvgIpc) is 2.44. The van der Waals surface area contributed by atoms with Crippen molar-refractivity contribution in [2.75, 3.05) is 0 Å². The van der Waals surface area contributed by atoms with Crippen LogP contribution >= 0.6 is 0 Å². The number of hydrogen-bond donors (Lipinski definition) is 2. The molecule has 0 saturated carbocycles. The third-order valence-corrected chi connectivity index (χ3v) is 3.33. The van der Waals surface area contributed by atoms with Gasteiger partial charge < -0.3 is 11.5 Å². The third kappa shape index (κ3) is 4.80. The van der Waals surface area contributed by atoms with E-state index in [0.29, 0.717) is 6.42 Å². The molecule has 1 aromatic carbocycles. The number of rotatable bonds is 7. The van der Waals surface area contributed by atoms with Crippen LogP contribution in [0.3, 0.4) is 0 Å². The Balaban J connectivity index is 2.62. The van der Waals surface area contributed by atoms with Gasteiger partial charge in [0.25, 0.3) is 5.91 Å². The summed E-state index contributed by atoms with van der Waals surface area (Å²) >= 11 is 0. The monoisotopic (exact) mass is 288 g/mol. The Kier molecular flexibility index (Phi) is 6.21. The summed E-state index contributed by atoms with van der Waals surface area (Å²) in [5, 5.41) is 8.97. The molecule has 0 bridgehead atoms. The zero-order valence-electron chi connectivity index (χ0n) is 12.0. The lowest BCUT2D eigenvalue weighted by atomic mass is 10.0. The van der Waals surface area contributed by atoms with E-state index in [9.17, 15) is 9.59 Å². The van der Waals surface area contributed by atoms with E-state index in [2.05, 4.69) is 0 Å². The molecule has 21 heavy (non-hydrogen) atoms. The fourth-order valence-corrected chi connectivity index (χ4v) is 2.25. The van der Waals surface area contributed by atoms with E-state index < -0.39 is 18.0 Å². The van der Waals surface area contributed by atoms with E-state index in [1.54, 1.807) is 13.0 Å². The molecule has 0 heterocycles. The normalized spacial score (nSPS) is 13.0. The lowest BCUT2D eigenvalue weighted by molar-refractivity contribution is -0.121. The van der Waals surface area contributed by atoms with Gasteiger partial charge in [-0.25, -0.2) is 4.79 Å². The van der Waals surface area contributed by atoms with Gasteiger partial charge in [0.15, 0.2) is 6.04 Å². The maximum Gasteiger partial charge on any atom is 0.316 e. The number of benzene rings is 1. The molecule has 0 radical (unpaired) electrons. The largest absolute Gasteiger partial charge is 0.367 e. The summed E-state index contributed by atoms with van der Waals surface area (Å²) in [4.78, 5) is 23.7. The number of carbonyl (C=O) groups excluding carboxylic acids is 2. The summed E-state index contributed by atoms with van der Waals surface area (Å²) in [5.74, 6) is -0.869. The van der Waals surface area contributed by atoms with Gasteiger partial charge in [-0.1, -0.05) is 30.3 Å². The van der Waals surface area contributed by atoms with Gasteiger partial charge in [-0.3, -0.25) is 9.69 Å². The smallest absolute Gasteiger partial charge is 0.316 e. The molecular formula is C15H20N4O2. The molecule has 1 aromatic rings. The van der Waals surface area contributed by atoms with Crippen molar-refractivity contribution in [3.8, 4) is 6.07 Å². The lowest BCUT2D eigenvalue weighted by Crippen LogP contribution is -2.53. The van der Waals surface area contributed by atoms with Gasteiger partial charge in [-0.05, 0) is 31.7 Å². The van der Waals surface area contributed by atoms with Gasteiger partial charge in [-0.2, -0.15) is 5.26 Å². The molecule has 6 heteroatoms. The second kappa shape index (κ2) is 7.90. The molecule has 2 unspecified atom stereocenters. The van der Waals surface area contributed by atoms with Crippen molar-refractivity contribution < 1.29 is 9.59 Å². The van der Waals surface area contributed by atoms with Crippen molar-refractivity contribution >= 4 is 11.9 Å². The number of amides is 3. The van der Waals surface area contributed by atoms with Crippen molar-refractivity contribution in [2.45, 2.75) is 38.3 Å². The van der Waals surface area contributed by atoms with Crippen LogP contribution in [-0.2, 0) is 11.2 Å². The second-order valence-electron chi connectivity index (χ2n) is 4.91. The highest BCUT2D eigenvalue weighted by atomic mass is 16.2. The minimum Gasteiger partial charge on any atom is -0.367 e. The number of nitrogens with zero attached hydrogens (tertiary/aromatic N) is 2. The zero-order chi connectivity index (χ0) is 15.8. The minimum atomic E-state index is -1.32. The molecule has 1 rings (SSSR count). The van der Waals surface area contributed by atoms with Crippen LogP contribution in [0.1, 0.15) is 25.3 Å². The molecule has 6 nitrogen and oxygen atoms in total. The fourth-order valence-electron chi connectivity index (χ4n) is 2.25. The Morgan fingerprint density at radius 3 is 2.38 bits per heavy atom. The van der Waals surface area contributed by atoms with Gasteiger partial charge in [0, 0.05) is 6.04 Å². The summed E-state index contributed by atoms with van der Waals surface area (Å²) < 4.78 is 0. The quantitative estimate of drug-likeness (QED) is 0.784. The molecule has 0 aliphatic rings. The first-order valence-electron chi connectivity index (χ1n) is 6.78. The van der Waals surface area contributed by atoms with Crippen LogP contribution in [0.15, 0.2) is 30.3 Å². The van der Waals surface area contributed by atoms with E-state index in [4.69, 9.17) is 16.7 Å². The molecular weight excluding hydrogens is 268 g/mol. The molecule has 4 N–H and O–H groups in total. The van der Waals surface area contributed by atoms with Crippen molar-refractivity contribution in [2.24, 2.45) is 11.5 Å². The fraction of sp³-hybridized carbons (Fsp3) is 0.400. The number of hydrogen-bond acceptors (Lipinski definition) is 3. The van der Waals surface area contributed by atoms with Crippen LogP contribution in [0.5, 0.6) is 0 Å². The maximum absolute atomic E-state index is 11.5. The second-order valence-corrected chi connectivity index (χ2v) is 4.91. The first kappa shape index (κ1) is 16.5. The van der Waals surface area contributed by atoms with Gasteiger partial charge >= 0.3 is 6.03 Å². The number of aryl methyl sites for hydroxylation is 1. The molecule has 0 fully saturated rings. The Morgan fingerprint density at radius 1 is 1.29 bits per heavy atom. The van der Waals surface area contributed by atoms with Crippen LogP contribution in [0.25, 0.3) is 0 Å². The Bertz CT molecular complexity index is 524. The Morgan fingerprint density at radius 2 is 1.90 bits per heavy atom. The molecule has 0 aliphatic heterocycles. The van der Waals surface area contributed by atoms with E-state index >= 15 is 0 Å². The van der Waals surface area contributed by atoms with Crippen LogP contribution in [0.4, 0.5) is 4.79 Å². The summed E-state index contributed by atoms with van der Waals surface area (Å²) in [6.07, 6.45) is 2.29. The first-order valence-corrected chi connectivity index (χ1v) is 6.78. The molecule has 0 aliphatic carbocycles. The highest BCUT2D eigenvalue weighted by Crippen LogP contribution is 2.13. The van der Waals surface area contributed by atoms with Crippen molar-refractivity contribution in [1.82, 2.24) is 4.90 Å². The standard InChI is InChI=1S/C15H20N4O2/c1-11(6-5-9-12-7-3-2-4-8-12)19(15(18)21)13(10-16)14(17)20/h2-4,7-8,11,13H,5-6,9H2,1H3,(H2,17,20)(H2,18,21). The van der Waals surface area contributed by atoms with Crippen molar-refractivity contribution in [1.29, 1.82) is 5.26 Å². The molecule has 112 valence electrons. The number of primary amides is 2. The molecule has 0 spiro atoms. The van der Waals surface area contributed by atoms with Crippen molar-refractivity contribution in [3.05, 3.63) is 35.9 Å². The third-order valence-electron chi connectivity index (χ3n) is 3.33. The molecule has 0 saturated heterocycles. The number of nitriles is 1. The van der Waals surface area contributed by atoms with Crippen LogP contribution in [-0.4, -0.2) is 28.9 Å². The summed E-state index contributed by atoms with van der Waals surface area (Å²) in [7, 11) is 0. The SMILES string of the molecule is CC(CCCc1ccccc1)N(C(N)=O)C(C#N)C(N)=O. The highest BCUT2D eigenvalue weighted by Gasteiger charge is 2.30. The summed E-state index contributed by atoms with van der Waals surface area (Å²) in [5.41, 5.74) is 11.6. The minimum absolute atomic E-state index is 0.330. The van der Waals surface area contributed by atoms with E-state index in [1.807, 2.05) is 30.3 Å². The van der Waals surface area contributed by atoms with Gasteiger partial charge in [0.05, 0.1) is 6.07 Å². The Labute approximate surface area is 124 Å². The molecule has 0 aromatic heterocycles. The van der Waals surface area contributed by atoms with Crippen LogP contribution < -0.4 is 11.5 Å². The maximum atomic E-state index is 11.5. The van der Waals surface area contributed by atoms with Gasteiger partial charge in [0.2, 0.25) is 0 Å². The predicted molar refractivity (Wildman–Crippen MR) is 78.9 cm³/mol. The average molecular weight is 288 g/mol. The first-order chi connectivity index (χ1) is 9.97. The molecule has 3 amide bonds. The summed E-state index contributed by atoms with van der Waals surface area (Å²) in [6, 6.07) is 9.19. The molecule has 2 atom stereocenters.